The number of H-pyrrole nitrogens is 2. The molecule has 6 aromatic rings. The smallest absolute Gasteiger partial charge is 0.193 e. The highest BCUT2D eigenvalue weighted by Gasteiger charge is 2.11. The maximum Gasteiger partial charge on any atom is 0.193 e. The molecule has 0 fully saturated rings. The molecule has 4 nitrogen and oxygen atoms in total. The average Bonchev–Trinajstić information content (AvgIpc) is 3.31. The van der Waals surface area contributed by atoms with Crippen molar-refractivity contribution in [1.29, 1.82) is 0 Å². The maximum absolute atomic E-state index is 3.53. The fraction of sp³-hybridized carbons (Fsp3) is 0.120. The fourth-order valence-electron chi connectivity index (χ4n) is 4.40. The Kier molecular flexibility index (Phi) is 6.12. The molecule has 2 aromatic carbocycles. The minimum absolute atomic E-state index is 0. The molecule has 0 unspecified atom stereocenters. The summed E-state index contributed by atoms with van der Waals surface area (Å²) in [4.78, 5) is 7.06. The zero-order chi connectivity index (χ0) is 19.2. The summed E-state index contributed by atoms with van der Waals surface area (Å²) in [6.45, 7) is 1.98. The standard InChI is InChI=1S/C25H20N4.2BrH/c1-3-8-22-18(6-1)20-10-14-28(16-24(20)26-22)12-5-13-29-15-11-21-19-7-2-4-9-23(19)27-25(21)17-29;;/h1-4,6-11,14-17H,5,12-13H2;2*1H. The molecule has 0 aliphatic heterocycles. The molecule has 0 amide bonds. The molecular formula is C25H22Br2N4. The molecule has 156 valence electrons. The molecule has 6 heteroatoms. The highest BCUT2D eigenvalue weighted by Crippen LogP contribution is 2.24. The summed E-state index contributed by atoms with van der Waals surface area (Å²) in [6, 6.07) is 21.4. The van der Waals surface area contributed by atoms with Crippen LogP contribution in [0.15, 0.2) is 85.5 Å². The SMILES string of the molecule is [Br-].[Br-].c1ccc2c(c1)[nH]c1c[n+](CCC[n+]3ccc4c(c3)[nH]c3ccccc34)ccc12. The number of rotatable bonds is 4. The number of para-hydroxylation sites is 2. The summed E-state index contributed by atoms with van der Waals surface area (Å²) in [5.74, 6) is 0. The van der Waals surface area contributed by atoms with E-state index < -0.39 is 0 Å². The number of aryl methyl sites for hydroxylation is 2. The highest BCUT2D eigenvalue weighted by atomic mass is 79.9. The van der Waals surface area contributed by atoms with E-state index in [0.29, 0.717) is 0 Å². The lowest BCUT2D eigenvalue weighted by Gasteiger charge is -1.98. The molecule has 0 bridgehead atoms. The van der Waals surface area contributed by atoms with Crippen LogP contribution in [0.3, 0.4) is 0 Å². The van der Waals surface area contributed by atoms with Crippen LogP contribution in [-0.4, -0.2) is 9.97 Å². The van der Waals surface area contributed by atoms with Gasteiger partial charge in [-0.15, -0.1) is 0 Å². The van der Waals surface area contributed by atoms with Gasteiger partial charge in [-0.05, 0) is 12.1 Å². The van der Waals surface area contributed by atoms with Crippen LogP contribution in [0.2, 0.25) is 0 Å². The number of aromatic nitrogens is 4. The summed E-state index contributed by atoms with van der Waals surface area (Å²) < 4.78 is 4.56. The van der Waals surface area contributed by atoms with Crippen molar-refractivity contribution >= 4 is 43.6 Å². The molecule has 4 heterocycles. The molecule has 6 rings (SSSR count). The molecule has 0 saturated heterocycles. The van der Waals surface area contributed by atoms with Crippen LogP contribution in [-0.2, 0) is 13.1 Å². The van der Waals surface area contributed by atoms with Gasteiger partial charge in [-0.1, -0.05) is 36.4 Å². The van der Waals surface area contributed by atoms with Crippen LogP contribution >= 0.6 is 0 Å². The van der Waals surface area contributed by atoms with Gasteiger partial charge in [0.25, 0.3) is 0 Å². The van der Waals surface area contributed by atoms with Crippen LogP contribution in [0, 0.1) is 0 Å². The number of nitrogens with one attached hydrogen (secondary N) is 2. The van der Waals surface area contributed by atoms with Gasteiger partial charge in [0.1, 0.15) is 11.0 Å². The lowest BCUT2D eigenvalue weighted by molar-refractivity contribution is -0.725. The second kappa shape index (κ2) is 8.81. The molecule has 0 atom stereocenters. The lowest BCUT2D eigenvalue weighted by atomic mass is 10.2. The van der Waals surface area contributed by atoms with E-state index in [9.17, 15) is 0 Å². The highest BCUT2D eigenvalue weighted by molar-refractivity contribution is 6.07. The Bertz CT molecular complexity index is 1390. The lowest BCUT2D eigenvalue weighted by Crippen LogP contribution is -3.00. The Morgan fingerprint density at radius 1 is 0.516 bits per heavy atom. The van der Waals surface area contributed by atoms with Crippen LogP contribution in [0.4, 0.5) is 0 Å². The van der Waals surface area contributed by atoms with Crippen LogP contribution in [0.5, 0.6) is 0 Å². The van der Waals surface area contributed by atoms with Crippen LogP contribution in [0.1, 0.15) is 6.42 Å². The molecule has 4 aromatic heterocycles. The Balaban J connectivity index is 0.00000116. The van der Waals surface area contributed by atoms with Gasteiger partial charge in [0.15, 0.2) is 37.9 Å². The summed E-state index contributed by atoms with van der Waals surface area (Å²) in [5, 5.41) is 5.15. The molecule has 0 aliphatic rings. The van der Waals surface area contributed by atoms with E-state index in [1.54, 1.807) is 0 Å². The Morgan fingerprint density at radius 3 is 1.42 bits per heavy atom. The number of pyridine rings is 2. The largest absolute Gasteiger partial charge is 1.00 e. The Hall–Kier alpha value is -2.70. The van der Waals surface area contributed by atoms with Crippen molar-refractivity contribution in [2.75, 3.05) is 0 Å². The monoisotopic (exact) mass is 536 g/mol. The van der Waals surface area contributed by atoms with Crippen molar-refractivity contribution in [3.63, 3.8) is 0 Å². The number of hydrogen-bond acceptors (Lipinski definition) is 0. The van der Waals surface area contributed by atoms with E-state index in [1.165, 1.54) is 43.6 Å². The van der Waals surface area contributed by atoms with E-state index in [0.717, 1.165) is 19.5 Å². The minimum atomic E-state index is 0. The van der Waals surface area contributed by atoms with Crippen molar-refractivity contribution in [2.24, 2.45) is 0 Å². The first-order chi connectivity index (χ1) is 14.3. The van der Waals surface area contributed by atoms with Crippen molar-refractivity contribution in [3.8, 4) is 0 Å². The number of halogens is 2. The first kappa shape index (κ1) is 21.5. The first-order valence-electron chi connectivity index (χ1n) is 10.1. The predicted molar refractivity (Wildman–Crippen MR) is 117 cm³/mol. The van der Waals surface area contributed by atoms with Crippen molar-refractivity contribution in [3.05, 3.63) is 85.5 Å². The third kappa shape index (κ3) is 3.86. The topological polar surface area (TPSA) is 39.3 Å². The van der Waals surface area contributed by atoms with Crippen molar-refractivity contribution in [2.45, 2.75) is 19.5 Å². The normalized spacial score (nSPS) is 11.1. The zero-order valence-corrected chi connectivity index (χ0v) is 20.0. The Morgan fingerprint density at radius 2 is 0.935 bits per heavy atom. The summed E-state index contributed by atoms with van der Waals surface area (Å²) in [7, 11) is 0. The van der Waals surface area contributed by atoms with E-state index in [-0.39, 0.29) is 34.0 Å². The van der Waals surface area contributed by atoms with Gasteiger partial charge in [0.2, 0.25) is 0 Å². The van der Waals surface area contributed by atoms with Gasteiger partial charge in [0, 0.05) is 44.7 Å². The second-order valence-corrected chi connectivity index (χ2v) is 7.71. The predicted octanol–water partition coefficient (Wildman–Crippen LogP) is -1.37. The fourth-order valence-corrected chi connectivity index (χ4v) is 4.40. The number of aromatic amines is 2. The molecule has 0 spiro atoms. The number of fused-ring (bicyclic) bond motifs is 6. The quantitative estimate of drug-likeness (QED) is 0.261. The zero-order valence-electron chi connectivity index (χ0n) is 16.9. The van der Waals surface area contributed by atoms with E-state index in [2.05, 4.69) is 105 Å². The summed E-state index contributed by atoms with van der Waals surface area (Å²) in [5.41, 5.74) is 4.78. The molecule has 0 radical (unpaired) electrons. The molecular weight excluding hydrogens is 516 g/mol. The first-order valence-corrected chi connectivity index (χ1v) is 10.1. The second-order valence-electron chi connectivity index (χ2n) is 7.71. The van der Waals surface area contributed by atoms with Crippen LogP contribution < -0.4 is 43.1 Å². The van der Waals surface area contributed by atoms with Gasteiger partial charge in [-0.3, -0.25) is 0 Å². The van der Waals surface area contributed by atoms with E-state index >= 15 is 0 Å². The summed E-state index contributed by atoms with van der Waals surface area (Å²) in [6.07, 6.45) is 9.90. The molecule has 2 N–H and O–H groups in total. The van der Waals surface area contributed by atoms with Crippen LogP contribution in [0.25, 0.3) is 43.6 Å². The minimum Gasteiger partial charge on any atom is -1.00 e. The average molecular weight is 538 g/mol. The third-order valence-electron chi connectivity index (χ3n) is 5.84. The van der Waals surface area contributed by atoms with Gasteiger partial charge in [-0.2, -0.15) is 0 Å². The number of benzene rings is 2. The molecule has 31 heavy (non-hydrogen) atoms. The van der Waals surface area contributed by atoms with Gasteiger partial charge >= 0.3 is 0 Å². The Labute approximate surface area is 201 Å². The maximum atomic E-state index is 3.53. The molecule has 0 saturated carbocycles. The number of hydrogen-bond donors (Lipinski definition) is 2. The third-order valence-corrected chi connectivity index (χ3v) is 5.84. The summed E-state index contributed by atoms with van der Waals surface area (Å²) >= 11 is 0. The van der Waals surface area contributed by atoms with Crippen molar-refractivity contribution < 1.29 is 43.1 Å². The van der Waals surface area contributed by atoms with Gasteiger partial charge in [0.05, 0.1) is 6.42 Å². The van der Waals surface area contributed by atoms with E-state index in [4.69, 9.17) is 0 Å². The number of nitrogens with zero attached hydrogens (tertiary/aromatic N) is 2. The van der Waals surface area contributed by atoms with Crippen molar-refractivity contribution in [1.82, 2.24) is 9.97 Å². The molecule has 0 aliphatic carbocycles. The van der Waals surface area contributed by atoms with Gasteiger partial charge < -0.3 is 43.9 Å². The van der Waals surface area contributed by atoms with E-state index in [1.807, 2.05) is 0 Å². The van der Waals surface area contributed by atoms with Gasteiger partial charge in [-0.25, -0.2) is 9.13 Å².